The molecule has 158 valence electrons. The van der Waals surface area contributed by atoms with Gasteiger partial charge in [-0.3, -0.25) is 9.10 Å². The first-order chi connectivity index (χ1) is 13.6. The van der Waals surface area contributed by atoms with Crippen molar-refractivity contribution in [2.75, 3.05) is 24.2 Å². The largest absolute Gasteiger partial charge is 0.497 e. The lowest BCUT2D eigenvalue weighted by Gasteiger charge is -2.25. The van der Waals surface area contributed by atoms with Gasteiger partial charge in [0.25, 0.3) is 0 Å². The van der Waals surface area contributed by atoms with E-state index in [2.05, 4.69) is 5.32 Å². The van der Waals surface area contributed by atoms with Crippen LogP contribution in [0.1, 0.15) is 31.9 Å². The standard InChI is InChI=1S/C21H27FN2O4S/c1-15(2)13-20(16-5-11-19(28-3)12-6-16)23-21(25)14-24(29(4,26)27)18-9-7-17(22)8-10-18/h5-12,15,20H,13-14H2,1-4H3,(H,23,25)/t20-/m1/s1. The molecule has 0 aliphatic carbocycles. The summed E-state index contributed by atoms with van der Waals surface area (Å²) in [5.74, 6) is 0.0952. The number of carbonyl (C=O) groups excluding carboxylic acids is 1. The van der Waals surface area contributed by atoms with E-state index in [0.29, 0.717) is 18.1 Å². The van der Waals surface area contributed by atoms with Crippen LogP contribution in [-0.2, 0) is 14.8 Å². The number of nitrogens with zero attached hydrogens (tertiary/aromatic N) is 1. The highest BCUT2D eigenvalue weighted by molar-refractivity contribution is 7.92. The Bertz CT molecular complexity index is 913. The van der Waals surface area contributed by atoms with Crippen LogP contribution in [0.15, 0.2) is 48.5 Å². The van der Waals surface area contributed by atoms with Crippen molar-refractivity contribution in [2.45, 2.75) is 26.3 Å². The molecule has 0 saturated heterocycles. The fraction of sp³-hybridized carbons (Fsp3) is 0.381. The third kappa shape index (κ3) is 6.74. The molecule has 1 amide bonds. The van der Waals surface area contributed by atoms with Gasteiger partial charge in [-0.15, -0.1) is 0 Å². The molecular formula is C21H27FN2O4S. The van der Waals surface area contributed by atoms with E-state index in [1.54, 1.807) is 7.11 Å². The van der Waals surface area contributed by atoms with Crippen molar-refractivity contribution < 1.29 is 22.3 Å². The van der Waals surface area contributed by atoms with E-state index < -0.39 is 28.3 Å². The van der Waals surface area contributed by atoms with Crippen LogP contribution in [-0.4, -0.2) is 34.2 Å². The molecule has 2 aromatic rings. The normalized spacial score (nSPS) is 12.5. The molecule has 0 aliphatic rings. The van der Waals surface area contributed by atoms with E-state index in [-0.39, 0.29) is 11.7 Å². The second kappa shape index (κ2) is 9.73. The van der Waals surface area contributed by atoms with E-state index in [9.17, 15) is 17.6 Å². The van der Waals surface area contributed by atoms with Gasteiger partial charge in [-0.1, -0.05) is 26.0 Å². The summed E-state index contributed by atoms with van der Waals surface area (Å²) in [5, 5.41) is 2.93. The van der Waals surface area contributed by atoms with Gasteiger partial charge in [0, 0.05) is 0 Å². The maximum atomic E-state index is 13.2. The van der Waals surface area contributed by atoms with E-state index in [1.165, 1.54) is 12.1 Å². The predicted molar refractivity (Wildman–Crippen MR) is 112 cm³/mol. The minimum atomic E-state index is -3.72. The van der Waals surface area contributed by atoms with Gasteiger partial charge in [-0.25, -0.2) is 12.8 Å². The smallest absolute Gasteiger partial charge is 0.241 e. The van der Waals surface area contributed by atoms with Gasteiger partial charge in [0.2, 0.25) is 15.9 Å². The van der Waals surface area contributed by atoms with E-state index in [4.69, 9.17) is 4.74 Å². The highest BCUT2D eigenvalue weighted by Crippen LogP contribution is 2.24. The Morgan fingerprint density at radius 1 is 1.10 bits per heavy atom. The summed E-state index contributed by atoms with van der Waals surface area (Å²) in [4.78, 5) is 12.7. The number of nitrogens with one attached hydrogen (secondary N) is 1. The number of rotatable bonds is 9. The third-order valence-electron chi connectivity index (χ3n) is 4.36. The van der Waals surface area contributed by atoms with Crippen LogP contribution in [0.5, 0.6) is 5.75 Å². The number of anilines is 1. The Morgan fingerprint density at radius 3 is 2.17 bits per heavy atom. The van der Waals surface area contributed by atoms with E-state index in [1.807, 2.05) is 38.1 Å². The first kappa shape index (κ1) is 22.7. The Balaban J connectivity index is 2.20. The topological polar surface area (TPSA) is 75.7 Å². The SMILES string of the molecule is COc1ccc([C@@H](CC(C)C)NC(=O)CN(c2ccc(F)cc2)S(C)(=O)=O)cc1. The number of halogens is 1. The number of benzene rings is 2. The monoisotopic (exact) mass is 422 g/mol. The predicted octanol–water partition coefficient (Wildman–Crippen LogP) is 3.50. The lowest BCUT2D eigenvalue weighted by atomic mass is 9.97. The molecule has 0 saturated carbocycles. The van der Waals surface area contributed by atoms with Crippen LogP contribution in [0.3, 0.4) is 0 Å². The maximum Gasteiger partial charge on any atom is 0.241 e. The molecule has 2 rings (SSSR count). The molecule has 2 aromatic carbocycles. The number of hydrogen-bond acceptors (Lipinski definition) is 4. The van der Waals surface area contributed by atoms with Crippen LogP contribution in [0, 0.1) is 11.7 Å². The molecule has 0 spiro atoms. The Hall–Kier alpha value is -2.61. The van der Waals surface area contributed by atoms with Crippen LogP contribution >= 0.6 is 0 Å². The molecule has 0 heterocycles. The Kier molecular flexibility index (Phi) is 7.61. The number of ether oxygens (including phenoxy) is 1. The van der Waals surface area contributed by atoms with Gasteiger partial charge < -0.3 is 10.1 Å². The quantitative estimate of drug-likeness (QED) is 0.671. The summed E-state index contributed by atoms with van der Waals surface area (Å²) in [7, 11) is -2.14. The zero-order valence-electron chi connectivity index (χ0n) is 17.1. The highest BCUT2D eigenvalue weighted by Gasteiger charge is 2.23. The average molecular weight is 423 g/mol. The third-order valence-corrected chi connectivity index (χ3v) is 5.50. The molecule has 0 radical (unpaired) electrons. The van der Waals surface area contributed by atoms with Crippen molar-refractivity contribution in [3.05, 3.63) is 59.9 Å². The molecule has 1 atom stereocenters. The average Bonchev–Trinajstić information content (AvgIpc) is 2.65. The summed E-state index contributed by atoms with van der Waals surface area (Å²) in [6.45, 7) is 3.70. The zero-order valence-corrected chi connectivity index (χ0v) is 17.9. The molecule has 6 nitrogen and oxygen atoms in total. The number of sulfonamides is 1. The van der Waals surface area contributed by atoms with Crippen LogP contribution in [0.2, 0.25) is 0 Å². The number of methoxy groups -OCH3 is 1. The van der Waals surface area contributed by atoms with Gasteiger partial charge in [0.15, 0.2) is 0 Å². The first-order valence-corrected chi connectivity index (χ1v) is 11.1. The van der Waals surface area contributed by atoms with Crippen molar-refractivity contribution >= 4 is 21.6 Å². The number of carbonyl (C=O) groups is 1. The summed E-state index contributed by atoms with van der Waals surface area (Å²) < 4.78 is 43.7. The fourth-order valence-electron chi connectivity index (χ4n) is 2.96. The molecule has 8 heteroatoms. The lowest BCUT2D eigenvalue weighted by Crippen LogP contribution is -2.41. The number of hydrogen-bond donors (Lipinski definition) is 1. The summed E-state index contributed by atoms with van der Waals surface area (Å²) >= 11 is 0. The second-order valence-corrected chi connectivity index (χ2v) is 9.18. The van der Waals surface area contributed by atoms with Crippen molar-refractivity contribution in [2.24, 2.45) is 5.92 Å². The Labute approximate surface area is 171 Å². The molecule has 0 aliphatic heterocycles. The Morgan fingerprint density at radius 2 is 1.69 bits per heavy atom. The molecule has 0 aromatic heterocycles. The van der Waals surface area contributed by atoms with Gasteiger partial charge in [0.05, 0.1) is 25.1 Å². The highest BCUT2D eigenvalue weighted by atomic mass is 32.2. The molecule has 0 bridgehead atoms. The van der Waals surface area contributed by atoms with Gasteiger partial charge in [0.1, 0.15) is 18.1 Å². The van der Waals surface area contributed by atoms with Gasteiger partial charge in [-0.05, 0) is 54.3 Å². The van der Waals surface area contributed by atoms with Gasteiger partial charge in [-0.2, -0.15) is 0 Å². The number of amides is 1. The maximum absolute atomic E-state index is 13.2. The summed E-state index contributed by atoms with van der Waals surface area (Å²) in [5.41, 5.74) is 1.13. The molecule has 0 fully saturated rings. The van der Waals surface area contributed by atoms with Gasteiger partial charge >= 0.3 is 0 Å². The van der Waals surface area contributed by atoms with Crippen LogP contribution < -0.4 is 14.4 Å². The minimum absolute atomic E-state index is 0.230. The van der Waals surface area contributed by atoms with Crippen molar-refractivity contribution in [3.63, 3.8) is 0 Å². The van der Waals surface area contributed by atoms with Crippen LogP contribution in [0.25, 0.3) is 0 Å². The van der Waals surface area contributed by atoms with E-state index in [0.717, 1.165) is 28.3 Å². The zero-order chi connectivity index (χ0) is 21.6. The molecule has 29 heavy (non-hydrogen) atoms. The van der Waals surface area contributed by atoms with E-state index >= 15 is 0 Å². The second-order valence-electron chi connectivity index (χ2n) is 7.27. The lowest BCUT2D eigenvalue weighted by molar-refractivity contribution is -0.120. The first-order valence-electron chi connectivity index (χ1n) is 9.26. The minimum Gasteiger partial charge on any atom is -0.497 e. The summed E-state index contributed by atoms with van der Waals surface area (Å²) in [6.07, 6.45) is 1.70. The molecule has 0 unspecified atom stereocenters. The van der Waals surface area contributed by atoms with Crippen molar-refractivity contribution in [1.29, 1.82) is 0 Å². The summed E-state index contributed by atoms with van der Waals surface area (Å²) in [6, 6.07) is 12.1. The fourth-order valence-corrected chi connectivity index (χ4v) is 3.82. The molecular weight excluding hydrogens is 395 g/mol. The van der Waals surface area contributed by atoms with Crippen molar-refractivity contribution in [1.82, 2.24) is 5.32 Å². The van der Waals surface area contributed by atoms with Crippen LogP contribution in [0.4, 0.5) is 10.1 Å². The van der Waals surface area contributed by atoms with Crippen molar-refractivity contribution in [3.8, 4) is 5.75 Å². The molecule has 1 N–H and O–H groups in total.